The zero-order chi connectivity index (χ0) is 27.2. The Morgan fingerprint density at radius 2 is 1.05 bits per heavy atom. The summed E-state index contributed by atoms with van der Waals surface area (Å²) in [6.45, 7) is 4.22. The van der Waals surface area contributed by atoms with Crippen molar-refractivity contribution in [2.75, 3.05) is 6.61 Å². The molecule has 0 saturated heterocycles. The Balaban J connectivity index is 3.72. The van der Waals surface area contributed by atoms with E-state index in [9.17, 15) is 15.0 Å². The Hall–Kier alpha value is -1.39. The van der Waals surface area contributed by atoms with Crippen molar-refractivity contribution < 1.29 is 15.0 Å². The van der Waals surface area contributed by atoms with E-state index in [1.54, 1.807) is 6.08 Å². The SMILES string of the molecule is CCCCCC/C=C/CC/C=C/C(O)C(CO)NC(=O)CCCCCCC/C=C\CCCCCCCC. The molecule has 4 heteroatoms. The molecule has 0 radical (unpaired) electrons. The number of aliphatic hydroxyl groups is 2. The van der Waals surface area contributed by atoms with E-state index in [1.165, 1.54) is 83.5 Å². The zero-order valence-corrected chi connectivity index (χ0v) is 24.5. The monoisotopic (exact) mass is 519 g/mol. The molecular weight excluding hydrogens is 458 g/mol. The van der Waals surface area contributed by atoms with Crippen LogP contribution >= 0.6 is 0 Å². The second-order valence-electron chi connectivity index (χ2n) is 10.5. The summed E-state index contributed by atoms with van der Waals surface area (Å²) in [5.74, 6) is -0.0878. The lowest BCUT2D eigenvalue weighted by Crippen LogP contribution is -2.45. The molecule has 37 heavy (non-hydrogen) atoms. The third-order valence-electron chi connectivity index (χ3n) is 6.85. The van der Waals surface area contributed by atoms with Gasteiger partial charge >= 0.3 is 0 Å². The van der Waals surface area contributed by atoms with E-state index in [0.29, 0.717) is 6.42 Å². The number of rotatable bonds is 27. The Labute approximate surface area is 230 Å². The van der Waals surface area contributed by atoms with Crippen LogP contribution in [-0.4, -0.2) is 34.9 Å². The highest BCUT2D eigenvalue weighted by Gasteiger charge is 2.17. The van der Waals surface area contributed by atoms with E-state index in [1.807, 2.05) is 6.08 Å². The normalized spacial score (nSPS) is 13.7. The summed E-state index contributed by atoms with van der Waals surface area (Å²) in [6, 6.07) is -0.638. The minimum Gasteiger partial charge on any atom is -0.394 e. The Morgan fingerprint density at radius 3 is 1.59 bits per heavy atom. The molecule has 0 aromatic rings. The van der Waals surface area contributed by atoms with Crippen molar-refractivity contribution in [3.63, 3.8) is 0 Å². The van der Waals surface area contributed by atoms with Crippen molar-refractivity contribution in [2.45, 2.75) is 161 Å². The van der Waals surface area contributed by atoms with Crippen LogP contribution in [0.1, 0.15) is 149 Å². The van der Waals surface area contributed by atoms with Gasteiger partial charge in [-0.3, -0.25) is 4.79 Å². The first kappa shape index (κ1) is 35.6. The Bertz CT molecular complexity index is 570. The molecule has 0 saturated carbocycles. The second-order valence-corrected chi connectivity index (χ2v) is 10.5. The van der Waals surface area contributed by atoms with Gasteiger partial charge in [0.1, 0.15) is 0 Å². The predicted octanol–water partition coefficient (Wildman–Crippen LogP) is 8.72. The largest absolute Gasteiger partial charge is 0.394 e. The molecule has 0 bridgehead atoms. The quantitative estimate of drug-likeness (QED) is 0.0750. The second kappa shape index (κ2) is 29.2. The highest BCUT2D eigenvalue weighted by molar-refractivity contribution is 5.76. The van der Waals surface area contributed by atoms with Crippen LogP contribution in [0.3, 0.4) is 0 Å². The lowest BCUT2D eigenvalue weighted by atomic mass is 10.1. The molecule has 2 atom stereocenters. The molecule has 0 aliphatic rings. The summed E-state index contributed by atoms with van der Waals surface area (Å²) >= 11 is 0. The van der Waals surface area contributed by atoms with Crippen LogP contribution in [0, 0.1) is 0 Å². The number of allylic oxidation sites excluding steroid dienone is 5. The summed E-state index contributed by atoms with van der Waals surface area (Å²) < 4.78 is 0. The lowest BCUT2D eigenvalue weighted by Gasteiger charge is -2.19. The van der Waals surface area contributed by atoms with E-state index < -0.39 is 12.1 Å². The maximum absolute atomic E-state index is 12.2. The van der Waals surface area contributed by atoms with Gasteiger partial charge in [-0.1, -0.05) is 121 Å². The summed E-state index contributed by atoms with van der Waals surface area (Å²) in [4.78, 5) is 12.2. The Morgan fingerprint density at radius 1 is 0.622 bits per heavy atom. The highest BCUT2D eigenvalue weighted by Crippen LogP contribution is 2.10. The molecule has 0 aliphatic carbocycles. The first-order valence-corrected chi connectivity index (χ1v) is 15.7. The van der Waals surface area contributed by atoms with Crippen LogP contribution in [0.25, 0.3) is 0 Å². The fourth-order valence-corrected chi connectivity index (χ4v) is 4.36. The van der Waals surface area contributed by atoms with Crippen molar-refractivity contribution >= 4 is 5.91 Å². The minimum absolute atomic E-state index is 0.0878. The standard InChI is InChI=1S/C33H61NO3/c1-3-5-7-9-11-13-15-16-17-18-19-21-23-25-27-29-33(37)34-31(30-35)32(36)28-26-24-22-20-14-12-10-8-6-4-2/h14,16-17,20,26,28,31-32,35-36H,3-13,15,18-19,21-25,27,29-30H2,1-2H3,(H,34,37)/b17-16-,20-14+,28-26+. The number of nitrogens with one attached hydrogen (secondary N) is 1. The predicted molar refractivity (Wildman–Crippen MR) is 161 cm³/mol. The van der Waals surface area contributed by atoms with E-state index in [4.69, 9.17) is 0 Å². The molecule has 4 nitrogen and oxygen atoms in total. The van der Waals surface area contributed by atoms with Crippen LogP contribution < -0.4 is 5.32 Å². The number of unbranched alkanes of at least 4 members (excludes halogenated alkanes) is 16. The minimum atomic E-state index is -0.860. The maximum Gasteiger partial charge on any atom is 0.220 e. The van der Waals surface area contributed by atoms with Crippen LogP contribution in [0.15, 0.2) is 36.5 Å². The molecule has 0 aromatic carbocycles. The molecule has 0 heterocycles. The third kappa shape index (κ3) is 26.0. The van der Waals surface area contributed by atoms with Crippen LogP contribution in [0.5, 0.6) is 0 Å². The summed E-state index contributed by atoms with van der Waals surface area (Å²) in [5, 5.41) is 22.7. The van der Waals surface area contributed by atoms with Crippen molar-refractivity contribution in [1.82, 2.24) is 5.32 Å². The topological polar surface area (TPSA) is 69.6 Å². The summed E-state index contributed by atoms with van der Waals surface area (Å²) in [7, 11) is 0. The van der Waals surface area contributed by atoms with Gasteiger partial charge in [0.25, 0.3) is 0 Å². The molecule has 216 valence electrons. The fraction of sp³-hybridized carbons (Fsp3) is 0.788. The molecule has 0 aliphatic heterocycles. The first-order valence-electron chi connectivity index (χ1n) is 15.7. The van der Waals surface area contributed by atoms with Crippen molar-refractivity contribution in [3.8, 4) is 0 Å². The van der Waals surface area contributed by atoms with E-state index >= 15 is 0 Å². The molecule has 0 fully saturated rings. The van der Waals surface area contributed by atoms with Gasteiger partial charge in [0.15, 0.2) is 0 Å². The average Bonchev–Trinajstić information content (AvgIpc) is 2.90. The summed E-state index contributed by atoms with van der Waals surface area (Å²) in [5.41, 5.74) is 0. The number of aliphatic hydroxyl groups excluding tert-OH is 2. The molecule has 1 amide bonds. The van der Waals surface area contributed by atoms with Gasteiger partial charge < -0.3 is 15.5 Å². The number of hydrogen-bond donors (Lipinski definition) is 3. The van der Waals surface area contributed by atoms with Gasteiger partial charge in [-0.15, -0.1) is 0 Å². The van der Waals surface area contributed by atoms with E-state index in [2.05, 4.69) is 43.5 Å². The van der Waals surface area contributed by atoms with Gasteiger partial charge in [0.2, 0.25) is 5.91 Å². The third-order valence-corrected chi connectivity index (χ3v) is 6.85. The van der Waals surface area contributed by atoms with Gasteiger partial charge in [0.05, 0.1) is 18.8 Å². The van der Waals surface area contributed by atoms with Crippen molar-refractivity contribution in [3.05, 3.63) is 36.5 Å². The zero-order valence-electron chi connectivity index (χ0n) is 24.5. The molecule has 0 aromatic heterocycles. The number of amides is 1. The van der Waals surface area contributed by atoms with Crippen molar-refractivity contribution in [1.29, 1.82) is 0 Å². The molecule has 0 spiro atoms. The number of carbonyl (C=O) groups excluding carboxylic acids is 1. The van der Waals surface area contributed by atoms with Crippen molar-refractivity contribution in [2.24, 2.45) is 0 Å². The first-order chi connectivity index (χ1) is 18.2. The van der Waals surface area contributed by atoms with Gasteiger partial charge in [0, 0.05) is 6.42 Å². The average molecular weight is 520 g/mol. The van der Waals surface area contributed by atoms with Crippen LogP contribution in [0.4, 0.5) is 0 Å². The van der Waals surface area contributed by atoms with Gasteiger partial charge in [-0.25, -0.2) is 0 Å². The molecular formula is C33H61NO3. The number of hydrogen-bond acceptors (Lipinski definition) is 3. The molecule has 3 N–H and O–H groups in total. The van der Waals surface area contributed by atoms with Crippen LogP contribution in [0.2, 0.25) is 0 Å². The molecule has 2 unspecified atom stereocenters. The smallest absolute Gasteiger partial charge is 0.220 e. The summed E-state index contributed by atoms with van der Waals surface area (Å²) in [6.07, 6.45) is 36.4. The highest BCUT2D eigenvalue weighted by atomic mass is 16.3. The van der Waals surface area contributed by atoms with E-state index in [-0.39, 0.29) is 12.5 Å². The van der Waals surface area contributed by atoms with E-state index in [0.717, 1.165) is 44.9 Å². The lowest BCUT2D eigenvalue weighted by molar-refractivity contribution is -0.123. The van der Waals surface area contributed by atoms with Gasteiger partial charge in [-0.05, 0) is 57.8 Å². The molecule has 0 rings (SSSR count). The Kier molecular flexibility index (Phi) is 28.1. The maximum atomic E-state index is 12.2. The fourth-order valence-electron chi connectivity index (χ4n) is 4.36. The van der Waals surface area contributed by atoms with Gasteiger partial charge in [-0.2, -0.15) is 0 Å². The number of carbonyl (C=O) groups is 1. The van der Waals surface area contributed by atoms with Crippen LogP contribution in [-0.2, 0) is 4.79 Å².